The number of hydrogen-bond donors (Lipinski definition) is 2. The maximum absolute atomic E-state index is 11.9. The lowest BCUT2D eigenvalue weighted by Gasteiger charge is -2.11. The van der Waals surface area contributed by atoms with Crippen molar-refractivity contribution in [2.45, 2.75) is 27.3 Å². The van der Waals surface area contributed by atoms with Gasteiger partial charge in [0.2, 0.25) is 0 Å². The Balaban J connectivity index is 1.81. The van der Waals surface area contributed by atoms with Crippen LogP contribution in [-0.4, -0.2) is 29.7 Å². The SMILES string of the molecule is CCOC(=O)c1ccc(NC(=O)NCCn2c(C)ccc2C)cc1. The van der Waals surface area contributed by atoms with Crippen LogP contribution >= 0.6 is 0 Å². The molecule has 2 amide bonds. The van der Waals surface area contributed by atoms with Crippen molar-refractivity contribution in [2.24, 2.45) is 0 Å². The van der Waals surface area contributed by atoms with E-state index in [9.17, 15) is 9.59 Å². The van der Waals surface area contributed by atoms with Gasteiger partial charge in [-0.2, -0.15) is 0 Å². The van der Waals surface area contributed by atoms with Crippen LogP contribution in [0.4, 0.5) is 10.5 Å². The number of nitrogens with one attached hydrogen (secondary N) is 2. The third-order valence-electron chi connectivity index (χ3n) is 3.69. The molecule has 0 bridgehead atoms. The van der Waals surface area contributed by atoms with Crippen LogP contribution in [0.2, 0.25) is 0 Å². The number of carbonyl (C=O) groups excluding carboxylic acids is 2. The summed E-state index contributed by atoms with van der Waals surface area (Å²) in [5, 5.41) is 5.56. The Bertz CT molecular complexity index is 685. The van der Waals surface area contributed by atoms with E-state index in [1.54, 1.807) is 31.2 Å². The van der Waals surface area contributed by atoms with E-state index in [-0.39, 0.29) is 12.0 Å². The smallest absolute Gasteiger partial charge is 0.338 e. The molecule has 6 heteroatoms. The third-order valence-corrected chi connectivity index (χ3v) is 3.69. The third kappa shape index (κ3) is 4.62. The molecule has 128 valence electrons. The summed E-state index contributed by atoms with van der Waals surface area (Å²) in [5.74, 6) is -0.369. The first-order valence-electron chi connectivity index (χ1n) is 7.96. The minimum absolute atomic E-state index is 0.277. The molecule has 1 heterocycles. The van der Waals surface area contributed by atoms with Gasteiger partial charge in [0, 0.05) is 30.2 Å². The van der Waals surface area contributed by atoms with Gasteiger partial charge in [0.25, 0.3) is 0 Å². The number of amides is 2. The second-order valence-electron chi connectivity index (χ2n) is 5.45. The van der Waals surface area contributed by atoms with Crippen molar-refractivity contribution in [1.82, 2.24) is 9.88 Å². The topological polar surface area (TPSA) is 72.4 Å². The number of hydrogen-bond acceptors (Lipinski definition) is 3. The van der Waals surface area contributed by atoms with Gasteiger partial charge in [0.1, 0.15) is 0 Å². The van der Waals surface area contributed by atoms with Gasteiger partial charge in [-0.25, -0.2) is 9.59 Å². The molecule has 0 radical (unpaired) electrons. The maximum Gasteiger partial charge on any atom is 0.338 e. The molecule has 1 aromatic heterocycles. The number of anilines is 1. The lowest BCUT2D eigenvalue weighted by molar-refractivity contribution is 0.0526. The second-order valence-corrected chi connectivity index (χ2v) is 5.45. The molecule has 2 N–H and O–H groups in total. The lowest BCUT2D eigenvalue weighted by atomic mass is 10.2. The van der Waals surface area contributed by atoms with E-state index in [1.165, 1.54) is 11.4 Å². The molecule has 0 atom stereocenters. The molecule has 0 aliphatic heterocycles. The normalized spacial score (nSPS) is 10.3. The van der Waals surface area contributed by atoms with Gasteiger partial charge in [0.05, 0.1) is 12.2 Å². The van der Waals surface area contributed by atoms with E-state index in [1.807, 2.05) is 13.8 Å². The molecule has 24 heavy (non-hydrogen) atoms. The highest BCUT2D eigenvalue weighted by Gasteiger charge is 2.07. The number of benzene rings is 1. The van der Waals surface area contributed by atoms with Crippen molar-refractivity contribution in [1.29, 1.82) is 0 Å². The Hall–Kier alpha value is -2.76. The van der Waals surface area contributed by atoms with Crippen LogP contribution < -0.4 is 10.6 Å². The fourth-order valence-corrected chi connectivity index (χ4v) is 2.41. The van der Waals surface area contributed by atoms with E-state index < -0.39 is 0 Å². The summed E-state index contributed by atoms with van der Waals surface area (Å²) < 4.78 is 7.06. The van der Waals surface area contributed by atoms with E-state index in [2.05, 4.69) is 27.3 Å². The minimum Gasteiger partial charge on any atom is -0.462 e. The average Bonchev–Trinajstić information content (AvgIpc) is 2.87. The summed E-state index contributed by atoms with van der Waals surface area (Å²) in [6, 6.07) is 10.4. The Labute approximate surface area is 141 Å². The standard InChI is InChI=1S/C18H23N3O3/c1-4-24-17(22)15-7-9-16(10-8-15)20-18(23)19-11-12-21-13(2)5-6-14(21)3/h5-10H,4,11-12H2,1-3H3,(H2,19,20,23). The van der Waals surface area contributed by atoms with Gasteiger partial charge in [-0.05, 0) is 57.2 Å². The fraction of sp³-hybridized carbons (Fsp3) is 0.333. The molecular weight excluding hydrogens is 306 g/mol. The summed E-state index contributed by atoms with van der Waals surface area (Å²) in [5.41, 5.74) is 3.42. The van der Waals surface area contributed by atoms with Crippen LogP contribution in [0, 0.1) is 13.8 Å². The van der Waals surface area contributed by atoms with Crippen LogP contribution in [0.15, 0.2) is 36.4 Å². The number of carbonyl (C=O) groups is 2. The van der Waals surface area contributed by atoms with Gasteiger partial charge >= 0.3 is 12.0 Å². The summed E-state index contributed by atoms with van der Waals surface area (Å²) in [6.45, 7) is 7.43. The van der Waals surface area contributed by atoms with Gasteiger partial charge < -0.3 is 19.9 Å². The van der Waals surface area contributed by atoms with Crippen molar-refractivity contribution < 1.29 is 14.3 Å². The fourth-order valence-electron chi connectivity index (χ4n) is 2.41. The van der Waals surface area contributed by atoms with Crippen molar-refractivity contribution in [2.75, 3.05) is 18.5 Å². The number of ether oxygens (including phenoxy) is 1. The highest BCUT2D eigenvalue weighted by atomic mass is 16.5. The molecule has 0 aliphatic carbocycles. The number of urea groups is 1. The molecule has 0 saturated carbocycles. The summed E-state index contributed by atoms with van der Waals surface area (Å²) in [4.78, 5) is 23.5. The molecule has 6 nitrogen and oxygen atoms in total. The van der Waals surface area contributed by atoms with E-state index in [0.29, 0.717) is 24.4 Å². The van der Waals surface area contributed by atoms with Crippen LogP contribution in [0.5, 0.6) is 0 Å². The van der Waals surface area contributed by atoms with Crippen LogP contribution in [0.3, 0.4) is 0 Å². The number of aryl methyl sites for hydroxylation is 2. The molecule has 1 aromatic carbocycles. The highest BCUT2D eigenvalue weighted by Crippen LogP contribution is 2.10. The number of rotatable bonds is 6. The Morgan fingerprint density at radius 1 is 1.04 bits per heavy atom. The summed E-state index contributed by atoms with van der Waals surface area (Å²) in [6.07, 6.45) is 0. The summed E-state index contributed by atoms with van der Waals surface area (Å²) in [7, 11) is 0. The molecule has 0 unspecified atom stereocenters. The van der Waals surface area contributed by atoms with E-state index in [0.717, 1.165) is 6.54 Å². The molecule has 0 saturated heterocycles. The minimum atomic E-state index is -0.369. The Morgan fingerprint density at radius 2 is 1.67 bits per heavy atom. The summed E-state index contributed by atoms with van der Waals surface area (Å²) >= 11 is 0. The zero-order valence-electron chi connectivity index (χ0n) is 14.3. The highest BCUT2D eigenvalue weighted by molar-refractivity contribution is 5.92. The Kier molecular flexibility index (Phi) is 6.01. The monoisotopic (exact) mass is 329 g/mol. The largest absolute Gasteiger partial charge is 0.462 e. The first kappa shape index (κ1) is 17.6. The first-order chi connectivity index (χ1) is 11.5. The van der Waals surface area contributed by atoms with Gasteiger partial charge in [-0.1, -0.05) is 0 Å². The predicted molar refractivity (Wildman–Crippen MR) is 93.3 cm³/mol. The number of nitrogens with zero attached hydrogens (tertiary/aromatic N) is 1. The number of esters is 1. The van der Waals surface area contributed by atoms with Crippen molar-refractivity contribution in [3.8, 4) is 0 Å². The Morgan fingerprint density at radius 3 is 2.25 bits per heavy atom. The van der Waals surface area contributed by atoms with E-state index >= 15 is 0 Å². The maximum atomic E-state index is 11.9. The zero-order chi connectivity index (χ0) is 17.5. The van der Waals surface area contributed by atoms with Crippen molar-refractivity contribution in [3.63, 3.8) is 0 Å². The van der Waals surface area contributed by atoms with Crippen molar-refractivity contribution in [3.05, 3.63) is 53.3 Å². The van der Waals surface area contributed by atoms with Gasteiger partial charge in [-0.15, -0.1) is 0 Å². The molecule has 2 aromatic rings. The average molecular weight is 329 g/mol. The molecule has 0 fully saturated rings. The van der Waals surface area contributed by atoms with E-state index in [4.69, 9.17) is 4.74 Å². The van der Waals surface area contributed by atoms with Crippen molar-refractivity contribution >= 4 is 17.7 Å². The van der Waals surface area contributed by atoms with Crippen LogP contribution in [-0.2, 0) is 11.3 Å². The molecule has 0 spiro atoms. The second kappa shape index (κ2) is 8.19. The van der Waals surface area contributed by atoms with Crippen LogP contribution in [0.25, 0.3) is 0 Å². The van der Waals surface area contributed by atoms with Crippen LogP contribution in [0.1, 0.15) is 28.7 Å². The first-order valence-corrected chi connectivity index (χ1v) is 7.96. The van der Waals surface area contributed by atoms with Gasteiger partial charge in [-0.3, -0.25) is 0 Å². The number of aromatic nitrogens is 1. The molecule has 0 aliphatic rings. The predicted octanol–water partition coefficient (Wildman–Crippen LogP) is 3.10. The molecule has 2 rings (SSSR count). The zero-order valence-corrected chi connectivity index (χ0v) is 14.3. The molecular formula is C18H23N3O3. The van der Waals surface area contributed by atoms with Gasteiger partial charge in [0.15, 0.2) is 0 Å². The lowest BCUT2D eigenvalue weighted by Crippen LogP contribution is -2.31. The quantitative estimate of drug-likeness (QED) is 0.800.